The van der Waals surface area contributed by atoms with Crippen molar-refractivity contribution in [2.24, 2.45) is 0 Å². The minimum absolute atomic E-state index is 0.117. The van der Waals surface area contributed by atoms with Gasteiger partial charge in [-0.3, -0.25) is 9.36 Å². The molecule has 7 nitrogen and oxygen atoms in total. The van der Waals surface area contributed by atoms with E-state index >= 15 is 0 Å². The molecule has 1 aliphatic heterocycles. The zero-order valence-electron chi connectivity index (χ0n) is 18.4. The molecule has 0 bridgehead atoms. The van der Waals surface area contributed by atoms with Crippen molar-refractivity contribution in [1.29, 1.82) is 5.26 Å². The topological polar surface area (TPSA) is 78.1 Å². The van der Waals surface area contributed by atoms with Crippen LogP contribution >= 0.6 is 11.8 Å². The average molecular weight is 447 g/mol. The summed E-state index contributed by atoms with van der Waals surface area (Å²) in [6.07, 6.45) is 2.60. The number of carbonyl (C=O) groups excluding carboxylic acids is 1. The predicted octanol–water partition coefficient (Wildman–Crippen LogP) is 3.59. The second-order valence-electron chi connectivity index (χ2n) is 7.92. The lowest BCUT2D eigenvalue weighted by atomic mass is 10.1. The summed E-state index contributed by atoms with van der Waals surface area (Å²) in [7, 11) is 0. The molecule has 2 heterocycles. The van der Waals surface area contributed by atoms with Gasteiger partial charge in [0.25, 0.3) is 0 Å². The standard InChI is InChI=1S/C24H26N6OS/c1-18-4-7-22(14-19(18)2)30-17-26-27-24(30)32-16-23(31)29-11-3-10-28(12-13-29)21-8-5-20(15-25)6-9-21/h4-9,14,17H,3,10-13,16H2,1-2H3. The van der Waals surface area contributed by atoms with Crippen molar-refractivity contribution in [2.45, 2.75) is 25.4 Å². The number of nitrogens with zero attached hydrogens (tertiary/aromatic N) is 6. The second-order valence-corrected chi connectivity index (χ2v) is 8.86. The molecule has 2 aromatic carbocycles. The molecule has 32 heavy (non-hydrogen) atoms. The Kier molecular flexibility index (Phi) is 6.76. The van der Waals surface area contributed by atoms with E-state index in [1.54, 1.807) is 6.33 Å². The molecule has 164 valence electrons. The van der Waals surface area contributed by atoms with Gasteiger partial charge >= 0.3 is 0 Å². The highest BCUT2D eigenvalue weighted by Gasteiger charge is 2.20. The molecule has 1 saturated heterocycles. The van der Waals surface area contributed by atoms with Gasteiger partial charge in [0, 0.05) is 37.6 Å². The van der Waals surface area contributed by atoms with Crippen molar-refractivity contribution >= 4 is 23.4 Å². The molecule has 0 atom stereocenters. The molecule has 3 aromatic rings. The summed E-state index contributed by atoms with van der Waals surface area (Å²) < 4.78 is 1.93. The van der Waals surface area contributed by atoms with Gasteiger partial charge in [0.05, 0.1) is 17.4 Å². The lowest BCUT2D eigenvalue weighted by molar-refractivity contribution is -0.128. The molecular formula is C24H26N6OS. The number of amides is 1. The van der Waals surface area contributed by atoms with Crippen LogP contribution < -0.4 is 4.90 Å². The SMILES string of the molecule is Cc1ccc(-n2cnnc2SCC(=O)N2CCCN(c3ccc(C#N)cc3)CC2)cc1C. The maximum Gasteiger partial charge on any atom is 0.233 e. The number of rotatable bonds is 5. The molecule has 1 aliphatic rings. The number of anilines is 1. The Labute approximate surface area is 192 Å². The van der Waals surface area contributed by atoms with E-state index in [0.717, 1.165) is 42.6 Å². The van der Waals surface area contributed by atoms with Gasteiger partial charge < -0.3 is 9.80 Å². The average Bonchev–Trinajstić information content (AvgIpc) is 3.14. The first-order chi connectivity index (χ1) is 15.5. The van der Waals surface area contributed by atoms with E-state index in [1.807, 2.05) is 39.8 Å². The van der Waals surface area contributed by atoms with E-state index in [2.05, 4.69) is 47.1 Å². The molecule has 0 spiro atoms. The van der Waals surface area contributed by atoms with Gasteiger partial charge in [-0.15, -0.1) is 10.2 Å². The minimum atomic E-state index is 0.117. The number of hydrogen-bond donors (Lipinski definition) is 0. The number of nitriles is 1. The zero-order chi connectivity index (χ0) is 22.5. The minimum Gasteiger partial charge on any atom is -0.370 e. The second kappa shape index (κ2) is 9.88. The zero-order valence-corrected chi connectivity index (χ0v) is 19.2. The normalized spacial score (nSPS) is 14.2. The van der Waals surface area contributed by atoms with Crippen LogP contribution in [0.2, 0.25) is 0 Å². The molecule has 0 unspecified atom stereocenters. The lowest BCUT2D eigenvalue weighted by Gasteiger charge is -2.23. The molecule has 4 rings (SSSR count). The summed E-state index contributed by atoms with van der Waals surface area (Å²) in [6.45, 7) is 7.27. The highest BCUT2D eigenvalue weighted by atomic mass is 32.2. The number of carbonyl (C=O) groups is 1. The third kappa shape index (κ3) is 4.94. The van der Waals surface area contributed by atoms with Gasteiger partial charge in [-0.05, 0) is 67.8 Å². The first-order valence-electron chi connectivity index (χ1n) is 10.7. The first kappa shape index (κ1) is 21.9. The third-order valence-electron chi connectivity index (χ3n) is 5.82. The van der Waals surface area contributed by atoms with Crippen LogP contribution in [0.1, 0.15) is 23.1 Å². The van der Waals surface area contributed by atoms with Crippen molar-refractivity contribution in [3.05, 3.63) is 65.5 Å². The molecule has 1 amide bonds. The fraction of sp³-hybridized carbons (Fsp3) is 0.333. The van der Waals surface area contributed by atoms with Crippen molar-refractivity contribution < 1.29 is 4.79 Å². The molecule has 8 heteroatoms. The van der Waals surface area contributed by atoms with Crippen LogP contribution in [0.15, 0.2) is 53.9 Å². The van der Waals surface area contributed by atoms with Gasteiger partial charge in [0.1, 0.15) is 6.33 Å². The van der Waals surface area contributed by atoms with E-state index in [4.69, 9.17) is 5.26 Å². The van der Waals surface area contributed by atoms with Crippen molar-refractivity contribution in [1.82, 2.24) is 19.7 Å². The molecule has 1 aromatic heterocycles. The van der Waals surface area contributed by atoms with E-state index in [0.29, 0.717) is 17.9 Å². The van der Waals surface area contributed by atoms with E-state index in [9.17, 15) is 4.79 Å². The number of aryl methyl sites for hydroxylation is 2. The molecule has 0 saturated carbocycles. The van der Waals surface area contributed by atoms with Crippen LogP contribution in [0.25, 0.3) is 5.69 Å². The molecule has 0 radical (unpaired) electrons. The molecular weight excluding hydrogens is 420 g/mol. The van der Waals surface area contributed by atoms with E-state index < -0.39 is 0 Å². The van der Waals surface area contributed by atoms with Crippen LogP contribution in [-0.4, -0.2) is 57.5 Å². The maximum atomic E-state index is 12.9. The summed E-state index contributed by atoms with van der Waals surface area (Å²) >= 11 is 1.42. The fourth-order valence-corrected chi connectivity index (χ4v) is 4.60. The van der Waals surface area contributed by atoms with Crippen LogP contribution in [0.4, 0.5) is 5.69 Å². The van der Waals surface area contributed by atoms with Crippen molar-refractivity contribution in [3.63, 3.8) is 0 Å². The Morgan fingerprint density at radius 3 is 2.56 bits per heavy atom. The predicted molar refractivity (Wildman–Crippen MR) is 126 cm³/mol. The van der Waals surface area contributed by atoms with E-state index in [-0.39, 0.29) is 5.91 Å². The lowest BCUT2D eigenvalue weighted by Crippen LogP contribution is -2.36. The van der Waals surface area contributed by atoms with Crippen LogP contribution in [0.3, 0.4) is 0 Å². The molecule has 0 N–H and O–H groups in total. The van der Waals surface area contributed by atoms with Gasteiger partial charge in [0.15, 0.2) is 5.16 Å². The van der Waals surface area contributed by atoms with Gasteiger partial charge in [-0.25, -0.2) is 0 Å². The monoisotopic (exact) mass is 446 g/mol. The first-order valence-corrected chi connectivity index (χ1v) is 11.7. The smallest absolute Gasteiger partial charge is 0.233 e. The largest absolute Gasteiger partial charge is 0.370 e. The Balaban J connectivity index is 1.35. The highest BCUT2D eigenvalue weighted by Crippen LogP contribution is 2.22. The number of benzene rings is 2. The van der Waals surface area contributed by atoms with Crippen molar-refractivity contribution in [3.8, 4) is 11.8 Å². The maximum absolute atomic E-state index is 12.9. The van der Waals surface area contributed by atoms with Crippen LogP contribution in [0.5, 0.6) is 0 Å². The Morgan fingerprint density at radius 1 is 1.03 bits per heavy atom. The van der Waals surface area contributed by atoms with Gasteiger partial charge in [0.2, 0.25) is 5.91 Å². The Bertz CT molecular complexity index is 1130. The number of thioether (sulfide) groups is 1. The number of aromatic nitrogens is 3. The summed E-state index contributed by atoms with van der Waals surface area (Å²) in [5.74, 6) is 0.451. The van der Waals surface area contributed by atoms with Gasteiger partial charge in [-0.2, -0.15) is 5.26 Å². The summed E-state index contributed by atoms with van der Waals surface area (Å²) in [5, 5.41) is 18.0. The van der Waals surface area contributed by atoms with Crippen molar-refractivity contribution in [2.75, 3.05) is 36.8 Å². The van der Waals surface area contributed by atoms with Crippen LogP contribution in [0, 0.1) is 25.2 Å². The fourth-order valence-electron chi connectivity index (χ4n) is 3.76. The number of hydrogen-bond acceptors (Lipinski definition) is 6. The van der Waals surface area contributed by atoms with Crippen LogP contribution in [-0.2, 0) is 4.79 Å². The van der Waals surface area contributed by atoms with E-state index in [1.165, 1.54) is 22.9 Å². The molecule has 1 fully saturated rings. The van der Waals surface area contributed by atoms with Gasteiger partial charge in [-0.1, -0.05) is 17.8 Å². The quantitative estimate of drug-likeness (QED) is 0.558. The Hall–Kier alpha value is -3.31. The Morgan fingerprint density at radius 2 is 1.81 bits per heavy atom. The summed E-state index contributed by atoms with van der Waals surface area (Å²) in [6, 6.07) is 16.0. The summed E-state index contributed by atoms with van der Waals surface area (Å²) in [4.78, 5) is 17.1. The highest BCUT2D eigenvalue weighted by molar-refractivity contribution is 7.99. The summed E-state index contributed by atoms with van der Waals surface area (Å²) in [5.41, 5.74) is 5.20. The molecule has 0 aliphatic carbocycles. The third-order valence-corrected chi connectivity index (χ3v) is 6.75.